The molecule has 3 aromatic rings. The molecule has 0 bridgehead atoms. The topological polar surface area (TPSA) is 50.7 Å². The van der Waals surface area contributed by atoms with Crippen molar-refractivity contribution in [1.82, 2.24) is 15.0 Å². The summed E-state index contributed by atoms with van der Waals surface area (Å²) in [6.07, 6.45) is 6.88. The first-order valence-corrected chi connectivity index (χ1v) is 7.16. The van der Waals surface area contributed by atoms with Gasteiger partial charge in [0.05, 0.1) is 0 Å². The molecule has 2 heterocycles. The molecule has 0 aliphatic carbocycles. The quantitative estimate of drug-likeness (QED) is 0.737. The van der Waals surface area contributed by atoms with Gasteiger partial charge in [-0.05, 0) is 51.5 Å². The van der Waals surface area contributed by atoms with Crippen LogP contribution >= 0.6 is 27.9 Å². The van der Waals surface area contributed by atoms with Crippen LogP contribution in [0.15, 0.2) is 58.6 Å². The summed E-state index contributed by atoms with van der Waals surface area (Å²) in [5, 5.41) is 2.25. The fourth-order valence-corrected chi connectivity index (χ4v) is 2.79. The molecule has 0 aliphatic heterocycles. The van der Waals surface area contributed by atoms with Crippen LogP contribution in [0, 0.1) is 0 Å². The van der Waals surface area contributed by atoms with Crippen LogP contribution in [0.4, 0.5) is 5.82 Å². The molecule has 19 heavy (non-hydrogen) atoms. The molecule has 0 saturated carbocycles. The van der Waals surface area contributed by atoms with Crippen LogP contribution < -0.4 is 4.72 Å². The predicted molar refractivity (Wildman–Crippen MR) is 81.0 cm³/mol. The lowest BCUT2D eigenvalue weighted by Gasteiger charge is -2.05. The molecule has 94 valence electrons. The number of fused-ring (bicyclic) bond motifs is 1. The lowest BCUT2D eigenvalue weighted by atomic mass is 10.2. The molecule has 3 rings (SSSR count). The molecule has 0 saturated heterocycles. The summed E-state index contributed by atoms with van der Waals surface area (Å²) in [6.45, 7) is 0. The predicted octanol–water partition coefficient (Wildman–Crippen LogP) is 3.91. The van der Waals surface area contributed by atoms with E-state index in [0.717, 1.165) is 26.0 Å². The lowest BCUT2D eigenvalue weighted by Crippen LogP contribution is -1.90. The van der Waals surface area contributed by atoms with Gasteiger partial charge in [0.2, 0.25) is 0 Å². The molecule has 0 spiro atoms. The van der Waals surface area contributed by atoms with E-state index in [4.69, 9.17) is 0 Å². The van der Waals surface area contributed by atoms with Crippen LogP contribution in [0.25, 0.3) is 10.8 Å². The largest absolute Gasteiger partial charge is 0.310 e. The summed E-state index contributed by atoms with van der Waals surface area (Å²) >= 11 is 5.01. The number of benzene rings is 1. The Kier molecular flexibility index (Phi) is 3.61. The highest BCUT2D eigenvalue weighted by Gasteiger charge is 2.01. The molecule has 0 atom stereocenters. The zero-order valence-corrected chi connectivity index (χ0v) is 12.1. The summed E-state index contributed by atoms with van der Waals surface area (Å²) in [6, 6.07) is 8.05. The second-order valence-electron chi connectivity index (χ2n) is 3.80. The van der Waals surface area contributed by atoms with Crippen LogP contribution in [-0.2, 0) is 0 Å². The molecule has 2 aromatic heterocycles. The Balaban J connectivity index is 1.82. The Morgan fingerprint density at radius 3 is 2.89 bits per heavy atom. The molecule has 0 radical (unpaired) electrons. The van der Waals surface area contributed by atoms with Gasteiger partial charge in [-0.25, -0.2) is 9.97 Å². The van der Waals surface area contributed by atoms with Gasteiger partial charge in [0, 0.05) is 33.3 Å². The SMILES string of the molecule is Brc1cncc2cc(SNc3ccncn3)ccc12. The van der Waals surface area contributed by atoms with Crippen molar-refractivity contribution in [1.29, 1.82) is 0 Å². The fourth-order valence-electron chi connectivity index (χ4n) is 1.64. The molecule has 1 aromatic carbocycles. The average molecular weight is 333 g/mol. The maximum Gasteiger partial charge on any atom is 0.139 e. The maximum atomic E-state index is 4.17. The van der Waals surface area contributed by atoms with E-state index in [0.29, 0.717) is 0 Å². The van der Waals surface area contributed by atoms with Crippen molar-refractivity contribution >= 4 is 44.5 Å². The molecule has 0 amide bonds. The molecular weight excluding hydrogens is 324 g/mol. The van der Waals surface area contributed by atoms with E-state index >= 15 is 0 Å². The number of nitrogens with zero attached hydrogens (tertiary/aromatic N) is 3. The Labute approximate surface area is 123 Å². The Morgan fingerprint density at radius 2 is 2.05 bits per heavy atom. The van der Waals surface area contributed by atoms with Gasteiger partial charge in [-0.1, -0.05) is 6.07 Å². The van der Waals surface area contributed by atoms with E-state index in [-0.39, 0.29) is 0 Å². The Morgan fingerprint density at radius 1 is 1.11 bits per heavy atom. The van der Waals surface area contributed by atoms with E-state index in [2.05, 4.69) is 53.8 Å². The second-order valence-corrected chi connectivity index (χ2v) is 5.54. The third kappa shape index (κ3) is 2.85. The molecule has 4 nitrogen and oxygen atoms in total. The molecule has 6 heteroatoms. The third-order valence-electron chi connectivity index (χ3n) is 2.54. The molecule has 0 fully saturated rings. The first-order chi connectivity index (χ1) is 9.33. The van der Waals surface area contributed by atoms with Crippen molar-refractivity contribution in [2.75, 3.05) is 4.72 Å². The minimum absolute atomic E-state index is 0.785. The van der Waals surface area contributed by atoms with Crippen LogP contribution in [0.3, 0.4) is 0 Å². The van der Waals surface area contributed by atoms with Gasteiger partial charge in [-0.3, -0.25) is 4.98 Å². The van der Waals surface area contributed by atoms with Crippen molar-refractivity contribution in [2.45, 2.75) is 4.90 Å². The highest BCUT2D eigenvalue weighted by atomic mass is 79.9. The highest BCUT2D eigenvalue weighted by Crippen LogP contribution is 2.27. The van der Waals surface area contributed by atoms with E-state index in [1.807, 2.05) is 12.3 Å². The minimum Gasteiger partial charge on any atom is -0.310 e. The van der Waals surface area contributed by atoms with Gasteiger partial charge in [-0.2, -0.15) is 0 Å². The average Bonchev–Trinajstić information content (AvgIpc) is 2.46. The number of rotatable bonds is 3. The van der Waals surface area contributed by atoms with Crippen LogP contribution in [0.5, 0.6) is 0 Å². The summed E-state index contributed by atoms with van der Waals surface area (Å²) in [5.74, 6) is 0.785. The summed E-state index contributed by atoms with van der Waals surface area (Å²) in [7, 11) is 0. The normalized spacial score (nSPS) is 10.6. The van der Waals surface area contributed by atoms with E-state index in [9.17, 15) is 0 Å². The number of nitrogens with one attached hydrogen (secondary N) is 1. The zero-order chi connectivity index (χ0) is 13.1. The first kappa shape index (κ1) is 12.4. The van der Waals surface area contributed by atoms with Gasteiger partial charge in [0.25, 0.3) is 0 Å². The molecular formula is C13H9BrN4S. The van der Waals surface area contributed by atoms with Gasteiger partial charge >= 0.3 is 0 Å². The van der Waals surface area contributed by atoms with Crippen molar-refractivity contribution < 1.29 is 0 Å². The Bertz CT molecular complexity index is 705. The van der Waals surface area contributed by atoms with Crippen molar-refractivity contribution in [3.05, 3.63) is 53.7 Å². The van der Waals surface area contributed by atoms with E-state index in [1.54, 1.807) is 12.4 Å². The minimum atomic E-state index is 0.785. The summed E-state index contributed by atoms with van der Waals surface area (Å²) < 4.78 is 4.18. The number of pyridine rings is 1. The Hall–Kier alpha value is -1.66. The summed E-state index contributed by atoms with van der Waals surface area (Å²) in [5.41, 5.74) is 0. The van der Waals surface area contributed by atoms with Crippen LogP contribution in [-0.4, -0.2) is 15.0 Å². The molecule has 0 aliphatic rings. The van der Waals surface area contributed by atoms with Crippen LogP contribution in [0.1, 0.15) is 0 Å². The van der Waals surface area contributed by atoms with Gasteiger partial charge in [-0.15, -0.1) is 0 Å². The number of hydrogen-bond donors (Lipinski definition) is 1. The number of hydrogen-bond acceptors (Lipinski definition) is 5. The van der Waals surface area contributed by atoms with Crippen molar-refractivity contribution in [3.63, 3.8) is 0 Å². The summed E-state index contributed by atoms with van der Waals surface area (Å²) in [4.78, 5) is 13.3. The standard InChI is InChI=1S/C13H9BrN4S/c14-12-7-16-6-9-5-10(1-2-11(9)12)19-18-13-3-4-15-8-17-13/h1-8H,(H,15,17,18). The first-order valence-electron chi connectivity index (χ1n) is 5.55. The molecule has 1 N–H and O–H groups in total. The molecule has 0 unspecified atom stereocenters. The monoisotopic (exact) mass is 332 g/mol. The lowest BCUT2D eigenvalue weighted by molar-refractivity contribution is 1.18. The van der Waals surface area contributed by atoms with Crippen molar-refractivity contribution in [3.8, 4) is 0 Å². The highest BCUT2D eigenvalue weighted by molar-refractivity contribution is 9.10. The third-order valence-corrected chi connectivity index (χ3v) is 3.97. The van der Waals surface area contributed by atoms with E-state index in [1.165, 1.54) is 18.3 Å². The van der Waals surface area contributed by atoms with Crippen LogP contribution in [0.2, 0.25) is 0 Å². The number of halogens is 1. The second kappa shape index (κ2) is 5.54. The van der Waals surface area contributed by atoms with Gasteiger partial charge < -0.3 is 4.72 Å². The number of anilines is 1. The maximum absolute atomic E-state index is 4.17. The zero-order valence-electron chi connectivity index (χ0n) is 9.75. The van der Waals surface area contributed by atoms with Gasteiger partial charge in [0.15, 0.2) is 0 Å². The van der Waals surface area contributed by atoms with E-state index < -0.39 is 0 Å². The fraction of sp³-hybridized carbons (Fsp3) is 0. The van der Waals surface area contributed by atoms with Crippen molar-refractivity contribution in [2.24, 2.45) is 0 Å². The number of aromatic nitrogens is 3. The smallest absolute Gasteiger partial charge is 0.139 e. The van der Waals surface area contributed by atoms with Gasteiger partial charge in [0.1, 0.15) is 12.1 Å².